The summed E-state index contributed by atoms with van der Waals surface area (Å²) < 4.78 is 32.2. The largest absolute Gasteiger partial charge is 0.500 e. The summed E-state index contributed by atoms with van der Waals surface area (Å²) in [6, 6.07) is 1.82. The summed E-state index contributed by atoms with van der Waals surface area (Å²) in [5, 5.41) is 2.86. The maximum absolute atomic E-state index is 12.0. The van der Waals surface area contributed by atoms with E-state index in [1.165, 1.54) is 6.92 Å². The number of hydrogen-bond acceptors (Lipinski definition) is 10. The average Bonchev–Trinajstić information content (AvgIpc) is 2.88. The van der Waals surface area contributed by atoms with Gasteiger partial charge in [0.05, 0.1) is 5.41 Å². The van der Waals surface area contributed by atoms with E-state index in [0.717, 1.165) is 47.9 Å². The van der Waals surface area contributed by atoms with Gasteiger partial charge in [-0.1, -0.05) is 13.8 Å². The summed E-state index contributed by atoms with van der Waals surface area (Å²) in [4.78, 5) is 24.5. The molecule has 0 bridgehead atoms. The second kappa shape index (κ2) is 21.6. The number of nitrogens with zero attached hydrogens (tertiary/aromatic N) is 1. The van der Waals surface area contributed by atoms with Crippen LogP contribution in [0.1, 0.15) is 40.5 Å². The molecule has 0 radical (unpaired) electrons. The van der Waals surface area contributed by atoms with E-state index in [1.807, 2.05) is 32.5 Å². The third-order valence-electron chi connectivity index (χ3n) is 5.67. The fourth-order valence-electron chi connectivity index (χ4n) is 3.54. The molecular formula is C24H54N2O8S2Si2. The Labute approximate surface area is 242 Å². The molecule has 0 aromatic rings. The van der Waals surface area contributed by atoms with Gasteiger partial charge in [-0.25, -0.2) is 0 Å². The van der Waals surface area contributed by atoms with Crippen LogP contribution in [0.5, 0.6) is 0 Å². The zero-order valence-corrected chi connectivity index (χ0v) is 29.4. The topological polar surface area (TPSA) is 105 Å². The van der Waals surface area contributed by atoms with E-state index in [2.05, 4.69) is 5.32 Å². The molecule has 0 aliphatic heterocycles. The molecular weight excluding hydrogens is 565 g/mol. The molecule has 0 spiro atoms. The SMILES string of the molecule is CO[Si](CCCSCC(C)(C)C(=O)N(C)C)(OC)OC.CO[Si](CCCSCC(C)NC(C)=O)(OC)OC. The second-order valence-electron chi connectivity index (χ2n) is 9.61. The third-order valence-corrected chi connectivity index (χ3v) is 14.2. The lowest BCUT2D eigenvalue weighted by Crippen LogP contribution is -2.42. The van der Waals surface area contributed by atoms with Crippen LogP contribution in [0.2, 0.25) is 12.1 Å². The molecule has 0 aliphatic carbocycles. The molecule has 14 heteroatoms. The Kier molecular flexibility index (Phi) is 22.7. The highest BCUT2D eigenvalue weighted by atomic mass is 32.2. The minimum atomic E-state index is -2.44. The van der Waals surface area contributed by atoms with Crippen molar-refractivity contribution in [3.63, 3.8) is 0 Å². The quantitative estimate of drug-likeness (QED) is 0.161. The number of rotatable bonds is 20. The van der Waals surface area contributed by atoms with Crippen molar-refractivity contribution in [1.82, 2.24) is 10.2 Å². The Hall–Kier alpha value is -0.166. The number of hydrogen-bond donors (Lipinski definition) is 1. The fraction of sp³-hybridized carbons (Fsp3) is 0.917. The summed E-state index contributed by atoms with van der Waals surface area (Å²) in [6.07, 6.45) is 1.94. The Balaban J connectivity index is 0. The fourth-order valence-corrected chi connectivity index (χ4v) is 9.57. The molecule has 0 rings (SSSR count). The molecule has 1 unspecified atom stereocenters. The predicted octanol–water partition coefficient (Wildman–Crippen LogP) is 3.61. The number of nitrogens with one attached hydrogen (secondary N) is 1. The van der Waals surface area contributed by atoms with E-state index in [4.69, 9.17) is 26.6 Å². The highest BCUT2D eigenvalue weighted by molar-refractivity contribution is 7.99. The van der Waals surface area contributed by atoms with E-state index in [9.17, 15) is 9.59 Å². The van der Waals surface area contributed by atoms with Crippen LogP contribution in [-0.4, -0.2) is 120 Å². The summed E-state index contributed by atoms with van der Waals surface area (Å²) >= 11 is 3.60. The lowest BCUT2D eigenvalue weighted by Gasteiger charge is -2.27. The number of carbonyl (C=O) groups excluding carboxylic acids is 2. The van der Waals surface area contributed by atoms with Crippen LogP contribution >= 0.6 is 23.5 Å². The Morgan fingerprint density at radius 3 is 1.55 bits per heavy atom. The van der Waals surface area contributed by atoms with Crippen LogP contribution in [-0.2, 0) is 36.1 Å². The van der Waals surface area contributed by atoms with Crippen LogP contribution in [0.25, 0.3) is 0 Å². The van der Waals surface area contributed by atoms with Gasteiger partial charge in [-0.3, -0.25) is 9.59 Å². The molecule has 0 saturated heterocycles. The Bertz CT molecular complexity index is 624. The molecule has 38 heavy (non-hydrogen) atoms. The van der Waals surface area contributed by atoms with Gasteiger partial charge < -0.3 is 36.8 Å². The maximum atomic E-state index is 12.0. The van der Waals surface area contributed by atoms with E-state index in [1.54, 1.807) is 73.4 Å². The lowest BCUT2D eigenvalue weighted by molar-refractivity contribution is -0.136. The van der Waals surface area contributed by atoms with Crippen LogP contribution in [0.4, 0.5) is 0 Å². The van der Waals surface area contributed by atoms with Gasteiger partial charge in [0.15, 0.2) is 0 Å². The van der Waals surface area contributed by atoms with Crippen LogP contribution in [0.15, 0.2) is 0 Å². The van der Waals surface area contributed by atoms with Gasteiger partial charge in [0.2, 0.25) is 11.8 Å². The van der Waals surface area contributed by atoms with Crippen molar-refractivity contribution in [2.75, 3.05) is 79.8 Å². The van der Waals surface area contributed by atoms with E-state index in [-0.39, 0.29) is 23.3 Å². The smallest absolute Gasteiger partial charge is 0.377 e. The minimum absolute atomic E-state index is 0.0210. The minimum Gasteiger partial charge on any atom is -0.377 e. The molecule has 0 fully saturated rings. The van der Waals surface area contributed by atoms with Gasteiger partial charge in [-0.2, -0.15) is 23.5 Å². The molecule has 0 saturated carbocycles. The van der Waals surface area contributed by atoms with Gasteiger partial charge in [0, 0.05) is 93.3 Å². The molecule has 1 N–H and O–H groups in total. The molecule has 0 aromatic carbocycles. The van der Waals surface area contributed by atoms with Gasteiger partial charge in [-0.15, -0.1) is 0 Å². The van der Waals surface area contributed by atoms with Crippen molar-refractivity contribution < 1.29 is 36.1 Å². The molecule has 228 valence electrons. The van der Waals surface area contributed by atoms with Gasteiger partial charge >= 0.3 is 17.6 Å². The molecule has 2 amide bonds. The van der Waals surface area contributed by atoms with Crippen molar-refractivity contribution >= 4 is 52.9 Å². The lowest BCUT2D eigenvalue weighted by atomic mass is 9.95. The monoisotopic (exact) mass is 618 g/mol. The van der Waals surface area contributed by atoms with Crippen LogP contribution in [0.3, 0.4) is 0 Å². The predicted molar refractivity (Wildman–Crippen MR) is 163 cm³/mol. The van der Waals surface area contributed by atoms with Crippen LogP contribution in [0, 0.1) is 5.41 Å². The number of carbonyl (C=O) groups is 2. The van der Waals surface area contributed by atoms with E-state index < -0.39 is 17.6 Å². The third kappa shape index (κ3) is 16.8. The second-order valence-corrected chi connectivity index (χ2v) is 18.0. The summed E-state index contributed by atoms with van der Waals surface area (Å²) in [5.74, 6) is 3.89. The van der Waals surface area contributed by atoms with Crippen molar-refractivity contribution in [3.05, 3.63) is 0 Å². The molecule has 10 nitrogen and oxygen atoms in total. The Morgan fingerprint density at radius 1 is 0.816 bits per heavy atom. The van der Waals surface area contributed by atoms with Gasteiger partial charge in [0.1, 0.15) is 0 Å². The van der Waals surface area contributed by atoms with Crippen molar-refractivity contribution in [1.29, 1.82) is 0 Å². The van der Waals surface area contributed by atoms with E-state index in [0.29, 0.717) is 0 Å². The standard InChI is InChI=1S/C13H29NO4SSi.C11H25NO4SSi/c1-13(2,12(15)14(3)4)11-19-9-8-10-20(16-5,17-6)18-7;1-10(12-11(2)13)9-17-7-6-8-18(14-3,15-4)16-5/h8-11H2,1-7H3;10H,6-9H2,1-5H3,(H,12,13). The van der Waals surface area contributed by atoms with Crippen molar-refractivity contribution in [2.24, 2.45) is 5.41 Å². The first-order valence-electron chi connectivity index (χ1n) is 12.7. The summed E-state index contributed by atoms with van der Waals surface area (Å²) in [5.41, 5.74) is -0.327. The van der Waals surface area contributed by atoms with Crippen LogP contribution < -0.4 is 5.32 Å². The first-order chi connectivity index (χ1) is 17.7. The number of thioether (sulfide) groups is 2. The summed E-state index contributed by atoms with van der Waals surface area (Å²) in [6.45, 7) is 7.52. The Morgan fingerprint density at radius 2 is 1.21 bits per heavy atom. The zero-order valence-electron chi connectivity index (χ0n) is 25.8. The maximum Gasteiger partial charge on any atom is 0.500 e. The number of amides is 2. The van der Waals surface area contributed by atoms with Gasteiger partial charge in [0.25, 0.3) is 0 Å². The highest BCUT2D eigenvalue weighted by Gasteiger charge is 2.37. The van der Waals surface area contributed by atoms with E-state index >= 15 is 0 Å². The first-order valence-corrected chi connectivity index (χ1v) is 18.9. The van der Waals surface area contributed by atoms with Crippen molar-refractivity contribution in [2.45, 2.75) is 58.7 Å². The molecule has 0 heterocycles. The van der Waals surface area contributed by atoms with Crippen molar-refractivity contribution in [3.8, 4) is 0 Å². The molecule has 0 aromatic heterocycles. The zero-order chi connectivity index (χ0) is 29.8. The molecule has 0 aliphatic rings. The summed E-state index contributed by atoms with van der Waals surface area (Å²) in [7, 11) is 8.53. The average molecular weight is 619 g/mol. The highest BCUT2D eigenvalue weighted by Crippen LogP contribution is 2.25. The first kappa shape index (κ1) is 40.0. The normalized spacial score (nSPS) is 12.9. The van der Waals surface area contributed by atoms with Gasteiger partial charge in [-0.05, 0) is 31.3 Å². The molecule has 1 atom stereocenters.